The van der Waals surface area contributed by atoms with Crippen LogP contribution in [0, 0.1) is 0 Å². The first kappa shape index (κ1) is 19.0. The first-order valence-electron chi connectivity index (χ1n) is 5.68. The van der Waals surface area contributed by atoms with Crippen molar-refractivity contribution in [1.82, 2.24) is 0 Å². The number of rotatable bonds is 6. The van der Waals surface area contributed by atoms with E-state index in [1.165, 1.54) is 18.2 Å². The highest BCUT2D eigenvalue weighted by Crippen LogP contribution is 2.60. The van der Waals surface area contributed by atoms with Gasteiger partial charge in [-0.15, -0.1) is 0 Å². The monoisotopic (exact) mass is 352 g/mol. The highest BCUT2D eigenvalue weighted by molar-refractivity contribution is 7.54. The number of halogens is 6. The zero-order valence-electron chi connectivity index (χ0n) is 10.8. The Labute approximate surface area is 121 Å². The summed E-state index contributed by atoms with van der Waals surface area (Å²) < 4.78 is 92.8. The number of aliphatic hydroxyl groups excluding tert-OH is 1. The molecule has 0 saturated carbocycles. The molecule has 1 aromatic rings. The first-order chi connectivity index (χ1) is 9.93. The summed E-state index contributed by atoms with van der Waals surface area (Å²) in [5, 5.41) is 9.79. The third kappa shape index (κ3) is 6.35. The van der Waals surface area contributed by atoms with Crippen molar-refractivity contribution in [3.8, 4) is 0 Å². The fourth-order valence-corrected chi connectivity index (χ4v) is 2.86. The van der Waals surface area contributed by atoms with E-state index < -0.39 is 39.0 Å². The van der Waals surface area contributed by atoms with Gasteiger partial charge in [0.15, 0.2) is 19.1 Å². The molecule has 1 atom stereocenters. The SMILES string of the molecule is O=P(OCC(F)(F)F)(OCC(F)(F)F)C(O)c1ccccc1. The second-order valence-corrected chi connectivity index (χ2v) is 6.19. The minimum atomic E-state index is -5.11. The Morgan fingerprint density at radius 2 is 1.36 bits per heavy atom. The maximum Gasteiger partial charge on any atom is 0.412 e. The summed E-state index contributed by atoms with van der Waals surface area (Å²) >= 11 is 0. The summed E-state index contributed by atoms with van der Waals surface area (Å²) in [7, 11) is -5.11. The van der Waals surface area contributed by atoms with Crippen molar-refractivity contribution in [1.29, 1.82) is 0 Å². The molecule has 1 aromatic carbocycles. The molecule has 0 aliphatic rings. The normalized spacial score (nSPS) is 14.9. The molecule has 22 heavy (non-hydrogen) atoms. The quantitative estimate of drug-likeness (QED) is 0.620. The number of aliphatic hydroxyl groups is 1. The minimum Gasteiger partial charge on any atom is -0.376 e. The summed E-state index contributed by atoms with van der Waals surface area (Å²) in [5.41, 5.74) is -0.199. The molecule has 4 nitrogen and oxygen atoms in total. The molecule has 0 spiro atoms. The molecule has 0 bridgehead atoms. The summed E-state index contributed by atoms with van der Waals surface area (Å²) in [6.45, 7) is -4.24. The first-order valence-corrected chi connectivity index (χ1v) is 7.29. The molecule has 1 rings (SSSR count). The molecule has 0 aliphatic carbocycles. The summed E-state index contributed by atoms with van der Waals surface area (Å²) in [6.07, 6.45) is -9.90. The molecule has 126 valence electrons. The maximum absolute atomic E-state index is 12.1. The van der Waals surface area contributed by atoms with Crippen molar-refractivity contribution < 1.29 is 45.1 Å². The van der Waals surface area contributed by atoms with E-state index >= 15 is 0 Å². The molecular formula is C11H11F6O4P. The average molecular weight is 352 g/mol. The number of hydrogen-bond donors (Lipinski definition) is 1. The van der Waals surface area contributed by atoms with E-state index in [0.29, 0.717) is 0 Å². The average Bonchev–Trinajstić information content (AvgIpc) is 2.42. The van der Waals surface area contributed by atoms with Gasteiger partial charge >= 0.3 is 19.9 Å². The summed E-state index contributed by atoms with van der Waals surface area (Å²) in [4.78, 5) is 0. The molecule has 11 heteroatoms. The van der Waals surface area contributed by atoms with Crippen LogP contribution in [0.5, 0.6) is 0 Å². The zero-order chi connectivity index (χ0) is 17.0. The Hall–Kier alpha value is -1.09. The number of benzene rings is 1. The standard InChI is InChI=1S/C11H11F6O4P/c12-10(13,14)6-20-22(19,21-7-11(15,16)17)9(18)8-4-2-1-3-5-8/h1-5,9,18H,6-7H2. The van der Waals surface area contributed by atoms with Gasteiger partial charge in [0.05, 0.1) is 0 Å². The Bertz CT molecular complexity index is 494. The van der Waals surface area contributed by atoms with Gasteiger partial charge in [-0.1, -0.05) is 30.3 Å². The van der Waals surface area contributed by atoms with Crippen molar-refractivity contribution in [2.45, 2.75) is 18.2 Å². The number of alkyl halides is 6. The summed E-state index contributed by atoms with van der Waals surface area (Å²) in [5.74, 6) is -2.28. The van der Waals surface area contributed by atoms with Gasteiger partial charge in [-0.2, -0.15) is 26.3 Å². The van der Waals surface area contributed by atoms with E-state index in [1.54, 1.807) is 0 Å². The molecule has 0 saturated heterocycles. The molecule has 0 heterocycles. The lowest BCUT2D eigenvalue weighted by atomic mass is 10.2. The molecule has 0 radical (unpaired) electrons. The van der Waals surface area contributed by atoms with Crippen molar-refractivity contribution in [2.24, 2.45) is 0 Å². The Kier molecular flexibility index (Phi) is 6.03. The molecule has 1 N–H and O–H groups in total. The topological polar surface area (TPSA) is 55.8 Å². The van der Waals surface area contributed by atoms with Crippen molar-refractivity contribution in [2.75, 3.05) is 13.2 Å². The highest BCUT2D eigenvalue weighted by Gasteiger charge is 2.43. The van der Waals surface area contributed by atoms with E-state index in [0.717, 1.165) is 12.1 Å². The van der Waals surface area contributed by atoms with E-state index in [1.807, 2.05) is 0 Å². The van der Waals surface area contributed by atoms with Crippen LogP contribution in [0.25, 0.3) is 0 Å². The van der Waals surface area contributed by atoms with E-state index in [2.05, 4.69) is 9.05 Å². The summed E-state index contributed by atoms with van der Waals surface area (Å²) in [6, 6.07) is 6.48. The largest absolute Gasteiger partial charge is 0.412 e. The van der Waals surface area contributed by atoms with Gasteiger partial charge in [0, 0.05) is 0 Å². The van der Waals surface area contributed by atoms with Gasteiger partial charge in [0.1, 0.15) is 0 Å². The van der Waals surface area contributed by atoms with E-state index in [9.17, 15) is 36.0 Å². The van der Waals surface area contributed by atoms with Crippen LogP contribution in [0.15, 0.2) is 30.3 Å². The smallest absolute Gasteiger partial charge is 0.376 e. The predicted molar refractivity (Wildman–Crippen MR) is 63.0 cm³/mol. The second-order valence-electron chi connectivity index (χ2n) is 4.10. The fourth-order valence-electron chi connectivity index (χ4n) is 1.31. The third-order valence-corrected chi connectivity index (χ3v) is 4.09. The van der Waals surface area contributed by atoms with Gasteiger partial charge in [-0.3, -0.25) is 13.6 Å². The highest BCUT2D eigenvalue weighted by atomic mass is 31.2. The van der Waals surface area contributed by atoms with Crippen LogP contribution in [-0.2, 0) is 13.6 Å². The van der Waals surface area contributed by atoms with Gasteiger partial charge in [0.2, 0.25) is 0 Å². The molecule has 0 aromatic heterocycles. The Balaban J connectivity index is 2.97. The van der Waals surface area contributed by atoms with Crippen molar-refractivity contribution in [3.63, 3.8) is 0 Å². The third-order valence-electron chi connectivity index (χ3n) is 2.21. The van der Waals surface area contributed by atoms with Crippen LogP contribution in [0.1, 0.15) is 11.4 Å². The molecule has 0 amide bonds. The predicted octanol–water partition coefficient (Wildman–Crippen LogP) is 4.03. The van der Waals surface area contributed by atoms with Crippen molar-refractivity contribution >= 4 is 7.60 Å². The molecule has 1 unspecified atom stereocenters. The number of hydrogen-bond acceptors (Lipinski definition) is 4. The van der Waals surface area contributed by atoms with Gasteiger partial charge in [-0.05, 0) is 5.56 Å². The molecule has 0 aliphatic heterocycles. The maximum atomic E-state index is 12.1. The van der Waals surface area contributed by atoms with Gasteiger partial charge < -0.3 is 5.11 Å². The van der Waals surface area contributed by atoms with Crippen LogP contribution in [-0.4, -0.2) is 30.7 Å². The fraction of sp³-hybridized carbons (Fsp3) is 0.455. The van der Waals surface area contributed by atoms with Crippen LogP contribution in [0.2, 0.25) is 0 Å². The van der Waals surface area contributed by atoms with Crippen LogP contribution < -0.4 is 0 Å². The zero-order valence-corrected chi connectivity index (χ0v) is 11.7. The van der Waals surface area contributed by atoms with Crippen LogP contribution >= 0.6 is 7.60 Å². The van der Waals surface area contributed by atoms with Crippen LogP contribution in [0.3, 0.4) is 0 Å². The lowest BCUT2D eigenvalue weighted by Gasteiger charge is -2.24. The van der Waals surface area contributed by atoms with Crippen molar-refractivity contribution in [3.05, 3.63) is 35.9 Å². The Morgan fingerprint density at radius 3 is 1.73 bits per heavy atom. The Morgan fingerprint density at radius 1 is 0.955 bits per heavy atom. The molecular weight excluding hydrogens is 341 g/mol. The molecule has 0 fully saturated rings. The van der Waals surface area contributed by atoms with Gasteiger partial charge in [-0.25, -0.2) is 0 Å². The van der Waals surface area contributed by atoms with E-state index in [4.69, 9.17) is 0 Å². The lowest BCUT2D eigenvalue weighted by Crippen LogP contribution is -2.21. The van der Waals surface area contributed by atoms with Gasteiger partial charge in [0.25, 0.3) is 0 Å². The van der Waals surface area contributed by atoms with Crippen LogP contribution in [0.4, 0.5) is 26.3 Å². The van der Waals surface area contributed by atoms with E-state index in [-0.39, 0.29) is 5.56 Å². The minimum absolute atomic E-state index is 0.199. The second kappa shape index (κ2) is 6.99. The lowest BCUT2D eigenvalue weighted by molar-refractivity contribution is -0.167.